The fourth-order valence-electron chi connectivity index (χ4n) is 3.44. The molecule has 6 heteroatoms. The smallest absolute Gasteiger partial charge is 0.295 e. The zero-order chi connectivity index (χ0) is 21.9. The minimum absolute atomic E-state index is 0.0166. The third-order valence-electron chi connectivity index (χ3n) is 5.38. The van der Waals surface area contributed by atoms with Crippen molar-refractivity contribution in [2.75, 3.05) is 33.3 Å². The summed E-state index contributed by atoms with van der Waals surface area (Å²) in [4.78, 5) is 41.2. The van der Waals surface area contributed by atoms with Crippen LogP contribution in [0.15, 0.2) is 48.5 Å². The molecule has 1 fully saturated rings. The number of rotatable bonds is 4. The molecular formula is C24H28N2O4. The SMILES string of the molecule is COc1cccc(C(=O)N2CCN(C(=O)C(=O)c3ccc(C(C)(C)C)cc3)CC2)c1. The van der Waals surface area contributed by atoms with E-state index >= 15 is 0 Å². The molecule has 0 unspecified atom stereocenters. The van der Waals surface area contributed by atoms with Gasteiger partial charge in [-0.15, -0.1) is 0 Å². The number of Topliss-reactive ketones (excluding diaryl/α,β-unsaturated/α-hetero) is 1. The second-order valence-corrected chi connectivity index (χ2v) is 8.47. The van der Waals surface area contributed by atoms with E-state index in [2.05, 4.69) is 20.8 Å². The van der Waals surface area contributed by atoms with E-state index in [1.54, 1.807) is 48.4 Å². The second-order valence-electron chi connectivity index (χ2n) is 8.47. The third-order valence-corrected chi connectivity index (χ3v) is 5.38. The largest absolute Gasteiger partial charge is 0.497 e. The molecule has 1 saturated heterocycles. The lowest BCUT2D eigenvalue weighted by Gasteiger charge is -2.34. The molecule has 1 aliphatic heterocycles. The molecule has 2 aromatic carbocycles. The molecule has 2 aromatic rings. The van der Waals surface area contributed by atoms with Crippen molar-refractivity contribution in [2.24, 2.45) is 0 Å². The standard InChI is InChI=1S/C24H28N2O4/c1-24(2,3)19-10-8-17(9-11-19)21(27)23(29)26-14-12-25(13-15-26)22(28)18-6-5-7-20(16-18)30-4/h5-11,16H,12-15H2,1-4H3. The van der Waals surface area contributed by atoms with Crippen LogP contribution >= 0.6 is 0 Å². The summed E-state index contributed by atoms with van der Waals surface area (Å²) < 4.78 is 5.17. The van der Waals surface area contributed by atoms with E-state index in [9.17, 15) is 14.4 Å². The number of hydrogen-bond acceptors (Lipinski definition) is 4. The maximum absolute atomic E-state index is 12.7. The quantitative estimate of drug-likeness (QED) is 0.576. The molecular weight excluding hydrogens is 380 g/mol. The summed E-state index contributed by atoms with van der Waals surface area (Å²) in [6.07, 6.45) is 0. The first-order valence-electron chi connectivity index (χ1n) is 10.1. The zero-order valence-corrected chi connectivity index (χ0v) is 18.0. The van der Waals surface area contributed by atoms with Gasteiger partial charge in [-0.3, -0.25) is 14.4 Å². The first-order valence-corrected chi connectivity index (χ1v) is 10.1. The molecule has 0 aromatic heterocycles. The van der Waals surface area contributed by atoms with Crippen molar-refractivity contribution < 1.29 is 19.1 Å². The highest BCUT2D eigenvalue weighted by molar-refractivity contribution is 6.42. The Morgan fingerprint density at radius 3 is 2.00 bits per heavy atom. The summed E-state index contributed by atoms with van der Waals surface area (Å²) in [7, 11) is 1.56. The first kappa shape index (κ1) is 21.6. The Bertz CT molecular complexity index is 936. The minimum Gasteiger partial charge on any atom is -0.497 e. The Kier molecular flexibility index (Phi) is 6.25. The van der Waals surface area contributed by atoms with Crippen LogP contribution in [0.5, 0.6) is 5.75 Å². The number of piperazine rings is 1. The minimum atomic E-state index is -0.521. The van der Waals surface area contributed by atoms with Crippen LogP contribution in [0.25, 0.3) is 0 Å². The summed E-state index contributed by atoms with van der Waals surface area (Å²) in [5.74, 6) is -0.516. The Balaban J connectivity index is 1.60. The molecule has 0 atom stereocenters. The van der Waals surface area contributed by atoms with Crippen molar-refractivity contribution in [3.8, 4) is 5.75 Å². The molecule has 2 amide bonds. The van der Waals surface area contributed by atoms with Crippen molar-refractivity contribution in [1.82, 2.24) is 9.80 Å². The lowest BCUT2D eigenvalue weighted by Crippen LogP contribution is -2.52. The highest BCUT2D eigenvalue weighted by atomic mass is 16.5. The van der Waals surface area contributed by atoms with Crippen LogP contribution in [0.1, 0.15) is 47.1 Å². The topological polar surface area (TPSA) is 66.9 Å². The molecule has 0 aliphatic carbocycles. The Labute approximate surface area is 177 Å². The van der Waals surface area contributed by atoms with E-state index in [4.69, 9.17) is 4.74 Å². The fourth-order valence-corrected chi connectivity index (χ4v) is 3.44. The highest BCUT2D eigenvalue weighted by Gasteiger charge is 2.29. The number of carbonyl (C=O) groups is 3. The van der Waals surface area contributed by atoms with Gasteiger partial charge in [-0.2, -0.15) is 0 Å². The van der Waals surface area contributed by atoms with Crippen molar-refractivity contribution in [2.45, 2.75) is 26.2 Å². The van der Waals surface area contributed by atoms with E-state index in [-0.39, 0.29) is 11.3 Å². The molecule has 0 radical (unpaired) electrons. The highest BCUT2D eigenvalue weighted by Crippen LogP contribution is 2.22. The van der Waals surface area contributed by atoms with Crippen LogP contribution in [0.4, 0.5) is 0 Å². The maximum Gasteiger partial charge on any atom is 0.295 e. The molecule has 0 saturated carbocycles. The summed E-state index contributed by atoms with van der Waals surface area (Å²) in [5.41, 5.74) is 2.03. The number of ether oxygens (including phenoxy) is 1. The number of amides is 2. The maximum atomic E-state index is 12.7. The predicted molar refractivity (Wildman–Crippen MR) is 115 cm³/mol. The number of hydrogen-bond donors (Lipinski definition) is 0. The molecule has 0 N–H and O–H groups in total. The molecule has 3 rings (SSSR count). The predicted octanol–water partition coefficient (Wildman–Crippen LogP) is 3.16. The molecule has 6 nitrogen and oxygen atoms in total. The molecule has 0 bridgehead atoms. The van der Waals surface area contributed by atoms with Crippen LogP contribution < -0.4 is 4.74 Å². The summed E-state index contributed by atoms with van der Waals surface area (Å²) >= 11 is 0. The van der Waals surface area contributed by atoms with Gasteiger partial charge in [0, 0.05) is 37.3 Å². The summed E-state index contributed by atoms with van der Waals surface area (Å²) in [6.45, 7) is 7.74. The molecule has 1 aliphatic rings. The molecule has 1 heterocycles. The Morgan fingerprint density at radius 2 is 1.43 bits per heavy atom. The first-order chi connectivity index (χ1) is 14.2. The summed E-state index contributed by atoms with van der Waals surface area (Å²) in [6, 6.07) is 14.2. The van der Waals surface area contributed by atoms with E-state index in [0.717, 1.165) is 5.56 Å². The Morgan fingerprint density at radius 1 is 0.833 bits per heavy atom. The average molecular weight is 408 g/mol. The van der Waals surface area contributed by atoms with Crippen molar-refractivity contribution in [3.63, 3.8) is 0 Å². The van der Waals surface area contributed by atoms with Gasteiger partial charge in [0.2, 0.25) is 5.78 Å². The average Bonchev–Trinajstić information content (AvgIpc) is 2.77. The van der Waals surface area contributed by atoms with Gasteiger partial charge in [-0.05, 0) is 29.2 Å². The molecule has 0 spiro atoms. The summed E-state index contributed by atoms with van der Waals surface area (Å²) in [5, 5.41) is 0. The van der Waals surface area contributed by atoms with Gasteiger partial charge in [-0.25, -0.2) is 0 Å². The van der Waals surface area contributed by atoms with Gasteiger partial charge in [0.25, 0.3) is 11.8 Å². The van der Waals surface area contributed by atoms with E-state index < -0.39 is 11.7 Å². The zero-order valence-electron chi connectivity index (χ0n) is 18.0. The van der Waals surface area contributed by atoms with E-state index in [1.165, 1.54) is 4.90 Å². The van der Waals surface area contributed by atoms with Crippen molar-refractivity contribution >= 4 is 17.6 Å². The van der Waals surface area contributed by atoms with E-state index in [0.29, 0.717) is 43.1 Å². The fraction of sp³-hybridized carbons (Fsp3) is 0.375. The van der Waals surface area contributed by atoms with Gasteiger partial charge in [0.1, 0.15) is 5.75 Å². The molecule has 158 valence electrons. The lowest BCUT2D eigenvalue weighted by atomic mass is 9.86. The molecule has 30 heavy (non-hydrogen) atoms. The van der Waals surface area contributed by atoms with Gasteiger partial charge in [0.05, 0.1) is 7.11 Å². The third kappa shape index (κ3) is 4.70. The van der Waals surface area contributed by atoms with Gasteiger partial charge in [0.15, 0.2) is 0 Å². The number of benzene rings is 2. The van der Waals surface area contributed by atoms with Crippen LogP contribution in [0.3, 0.4) is 0 Å². The van der Waals surface area contributed by atoms with E-state index in [1.807, 2.05) is 12.1 Å². The van der Waals surface area contributed by atoms with Crippen LogP contribution in [0, 0.1) is 0 Å². The van der Waals surface area contributed by atoms with Gasteiger partial charge >= 0.3 is 0 Å². The number of ketones is 1. The number of methoxy groups -OCH3 is 1. The van der Waals surface area contributed by atoms with Crippen LogP contribution in [-0.4, -0.2) is 60.7 Å². The van der Waals surface area contributed by atoms with Crippen molar-refractivity contribution in [3.05, 3.63) is 65.2 Å². The van der Waals surface area contributed by atoms with Gasteiger partial charge in [-0.1, -0.05) is 51.1 Å². The lowest BCUT2D eigenvalue weighted by molar-refractivity contribution is -0.127. The Hall–Kier alpha value is -3.15. The second kappa shape index (κ2) is 8.69. The van der Waals surface area contributed by atoms with Crippen molar-refractivity contribution in [1.29, 1.82) is 0 Å². The van der Waals surface area contributed by atoms with Gasteiger partial charge < -0.3 is 14.5 Å². The van der Waals surface area contributed by atoms with Crippen LogP contribution in [-0.2, 0) is 10.2 Å². The normalized spacial score (nSPS) is 14.4. The van der Waals surface area contributed by atoms with Crippen LogP contribution in [0.2, 0.25) is 0 Å². The number of carbonyl (C=O) groups excluding carboxylic acids is 3. The number of nitrogens with zero attached hydrogens (tertiary/aromatic N) is 2. The monoisotopic (exact) mass is 408 g/mol.